The minimum absolute atomic E-state index is 0.199. The second-order valence-corrected chi connectivity index (χ2v) is 10.3. The number of nitrogens with two attached hydrogens (primary N) is 1. The first kappa shape index (κ1) is 33.6. The van der Waals surface area contributed by atoms with E-state index in [1.807, 2.05) is 18.3 Å². The van der Waals surface area contributed by atoms with E-state index in [0.29, 0.717) is 44.5 Å². The van der Waals surface area contributed by atoms with Gasteiger partial charge in [0, 0.05) is 48.3 Å². The molecule has 13 heteroatoms. The number of carboxylic acids is 1. The van der Waals surface area contributed by atoms with Crippen LogP contribution in [0.15, 0.2) is 54.7 Å². The highest BCUT2D eigenvalue weighted by atomic mass is 35.5. The number of aliphatic carboxylic acids is 1. The Morgan fingerprint density at radius 2 is 1.79 bits per heavy atom. The summed E-state index contributed by atoms with van der Waals surface area (Å²) in [6.45, 7) is 5.18. The van der Waals surface area contributed by atoms with Crippen molar-refractivity contribution in [2.75, 3.05) is 58.4 Å². The zero-order chi connectivity index (χ0) is 30.7. The lowest BCUT2D eigenvalue weighted by Crippen LogP contribution is -2.31. The van der Waals surface area contributed by atoms with Crippen molar-refractivity contribution >= 4 is 35.0 Å². The first-order valence-corrected chi connectivity index (χ1v) is 13.9. The molecule has 8 nitrogen and oxygen atoms in total. The molecule has 0 fully saturated rings. The maximum absolute atomic E-state index is 10.6. The van der Waals surface area contributed by atoms with Gasteiger partial charge < -0.3 is 30.5 Å². The summed E-state index contributed by atoms with van der Waals surface area (Å²) in [5.74, 6) is -1.74. The van der Waals surface area contributed by atoms with Gasteiger partial charge in [-0.2, -0.15) is 13.2 Å². The molecule has 0 bridgehead atoms. The maximum Gasteiger partial charge on any atom is 0.490 e. The van der Waals surface area contributed by atoms with Crippen LogP contribution in [-0.4, -0.2) is 80.2 Å². The third-order valence-electron chi connectivity index (χ3n) is 6.30. The van der Waals surface area contributed by atoms with E-state index in [0.717, 1.165) is 40.6 Å². The largest absolute Gasteiger partial charge is 0.490 e. The van der Waals surface area contributed by atoms with Gasteiger partial charge in [0.25, 0.3) is 0 Å². The SMILES string of the molecule is CN1Cc2c(Cl)cc(Cl)cc2C(c2cccc(-c3ccnc(NCCOCCOCCN)c3)c2)C1.O=C(O)C(F)(F)F. The van der Waals surface area contributed by atoms with Crippen molar-refractivity contribution in [1.29, 1.82) is 0 Å². The van der Waals surface area contributed by atoms with Crippen molar-refractivity contribution in [2.24, 2.45) is 5.73 Å². The highest BCUT2D eigenvalue weighted by Crippen LogP contribution is 2.39. The van der Waals surface area contributed by atoms with Crippen LogP contribution < -0.4 is 11.1 Å². The number of rotatable bonds is 11. The van der Waals surface area contributed by atoms with Crippen LogP contribution >= 0.6 is 23.2 Å². The molecule has 228 valence electrons. The van der Waals surface area contributed by atoms with Crippen LogP contribution in [0.3, 0.4) is 0 Å². The summed E-state index contributed by atoms with van der Waals surface area (Å²) in [4.78, 5) is 15.7. The molecule has 1 unspecified atom stereocenters. The zero-order valence-electron chi connectivity index (χ0n) is 23.0. The Morgan fingerprint density at radius 3 is 2.48 bits per heavy atom. The Hall–Kier alpha value is -2.93. The van der Waals surface area contributed by atoms with Gasteiger partial charge in [-0.1, -0.05) is 47.5 Å². The fourth-order valence-corrected chi connectivity index (χ4v) is 5.00. The first-order chi connectivity index (χ1) is 20.0. The molecule has 42 heavy (non-hydrogen) atoms. The molecule has 1 aromatic heterocycles. The molecule has 0 radical (unpaired) electrons. The fraction of sp³-hybridized carbons (Fsp3) is 0.379. The molecule has 2 aromatic carbocycles. The van der Waals surface area contributed by atoms with Gasteiger partial charge in [0.05, 0.1) is 26.4 Å². The maximum atomic E-state index is 10.6. The van der Waals surface area contributed by atoms with Crippen LogP contribution in [0, 0.1) is 0 Å². The minimum atomic E-state index is -5.08. The molecule has 0 spiro atoms. The van der Waals surface area contributed by atoms with Crippen LogP contribution in [-0.2, 0) is 20.8 Å². The monoisotopic (exact) mass is 628 g/mol. The van der Waals surface area contributed by atoms with E-state index in [1.165, 1.54) is 11.1 Å². The Labute approximate surface area is 252 Å². The number of hydrogen-bond donors (Lipinski definition) is 3. The predicted molar refractivity (Wildman–Crippen MR) is 157 cm³/mol. The first-order valence-electron chi connectivity index (χ1n) is 13.1. The van der Waals surface area contributed by atoms with Crippen molar-refractivity contribution in [3.8, 4) is 11.1 Å². The number of hydrogen-bond acceptors (Lipinski definition) is 7. The van der Waals surface area contributed by atoms with E-state index in [4.69, 9.17) is 48.3 Å². The van der Waals surface area contributed by atoms with Gasteiger partial charge in [0.15, 0.2) is 0 Å². The Bertz CT molecular complexity index is 1330. The molecule has 0 aliphatic carbocycles. The Kier molecular flexibility index (Phi) is 12.8. The van der Waals surface area contributed by atoms with E-state index in [9.17, 15) is 13.2 Å². The van der Waals surface area contributed by atoms with Crippen LogP contribution in [0.1, 0.15) is 22.6 Å². The topological polar surface area (TPSA) is 110 Å². The van der Waals surface area contributed by atoms with Gasteiger partial charge in [-0.25, -0.2) is 9.78 Å². The number of carbonyl (C=O) groups is 1. The summed E-state index contributed by atoms with van der Waals surface area (Å²) in [5.41, 5.74) is 11.3. The molecule has 0 saturated heterocycles. The molecule has 0 amide bonds. The van der Waals surface area contributed by atoms with E-state index >= 15 is 0 Å². The summed E-state index contributed by atoms with van der Waals surface area (Å²) in [7, 11) is 2.13. The van der Waals surface area contributed by atoms with Crippen LogP contribution in [0.4, 0.5) is 19.0 Å². The number of pyridine rings is 1. The third kappa shape index (κ3) is 10.1. The molecule has 3 aromatic rings. The second-order valence-electron chi connectivity index (χ2n) is 9.50. The molecular weight excluding hydrogens is 596 g/mol. The Balaban J connectivity index is 0.000000616. The number of nitrogens with zero attached hydrogens (tertiary/aromatic N) is 2. The number of likely N-dealkylation sites (N-methyl/N-ethyl adjacent to an activating group) is 1. The molecule has 1 aliphatic heterocycles. The normalized spacial score (nSPS) is 15.0. The quantitative estimate of drug-likeness (QED) is 0.233. The van der Waals surface area contributed by atoms with Crippen molar-refractivity contribution in [1.82, 2.24) is 9.88 Å². The molecule has 0 saturated carbocycles. The average molecular weight is 630 g/mol. The smallest absolute Gasteiger partial charge is 0.475 e. The van der Waals surface area contributed by atoms with E-state index < -0.39 is 12.1 Å². The number of halogens is 5. The molecule has 1 atom stereocenters. The fourth-order valence-electron chi connectivity index (χ4n) is 4.43. The Morgan fingerprint density at radius 1 is 1.10 bits per heavy atom. The van der Waals surface area contributed by atoms with Crippen molar-refractivity contribution in [2.45, 2.75) is 18.6 Å². The molecular formula is C29H33Cl2F3N4O4. The summed E-state index contributed by atoms with van der Waals surface area (Å²) in [5, 5.41) is 11.9. The van der Waals surface area contributed by atoms with Gasteiger partial charge in [0.1, 0.15) is 5.82 Å². The van der Waals surface area contributed by atoms with Gasteiger partial charge >= 0.3 is 12.1 Å². The highest BCUT2D eigenvalue weighted by Gasteiger charge is 2.38. The predicted octanol–water partition coefficient (Wildman–Crippen LogP) is 5.67. The lowest BCUT2D eigenvalue weighted by Gasteiger charge is -2.33. The molecule has 4 N–H and O–H groups in total. The second kappa shape index (κ2) is 16.1. The van der Waals surface area contributed by atoms with Crippen LogP contribution in [0.25, 0.3) is 11.1 Å². The number of ether oxygens (including phenoxy) is 2. The number of carboxylic acid groups (broad SMARTS) is 1. The average Bonchev–Trinajstić information content (AvgIpc) is 2.94. The lowest BCUT2D eigenvalue weighted by atomic mass is 9.84. The summed E-state index contributed by atoms with van der Waals surface area (Å²) >= 11 is 12.9. The van der Waals surface area contributed by atoms with Gasteiger partial charge in [-0.15, -0.1) is 0 Å². The number of alkyl halides is 3. The van der Waals surface area contributed by atoms with Crippen LogP contribution in [0.2, 0.25) is 10.0 Å². The van der Waals surface area contributed by atoms with E-state index in [-0.39, 0.29) is 5.92 Å². The molecule has 1 aliphatic rings. The zero-order valence-corrected chi connectivity index (χ0v) is 24.5. The number of nitrogens with one attached hydrogen (secondary N) is 1. The number of anilines is 1. The van der Waals surface area contributed by atoms with Crippen molar-refractivity contribution in [3.63, 3.8) is 0 Å². The summed E-state index contributed by atoms with van der Waals surface area (Å²) < 4.78 is 42.6. The summed E-state index contributed by atoms with van der Waals surface area (Å²) in [6, 6.07) is 16.7. The molecule has 4 rings (SSSR count). The van der Waals surface area contributed by atoms with E-state index in [1.54, 1.807) is 0 Å². The minimum Gasteiger partial charge on any atom is -0.475 e. The standard InChI is InChI=1S/C27H32Cl2N4O2.C2HF3O2/c1-33-17-24(23-15-22(28)16-26(29)25(23)18-33)21-4-2-3-19(13-21)20-5-7-31-27(14-20)32-8-10-35-12-11-34-9-6-30;3-2(4,5)1(6)7/h2-5,7,13-16,24H,6,8-12,17-18,30H2,1H3,(H,31,32);(H,6,7). The summed E-state index contributed by atoms with van der Waals surface area (Å²) in [6.07, 6.45) is -3.25. The number of fused-ring (bicyclic) bond motifs is 1. The van der Waals surface area contributed by atoms with E-state index in [2.05, 4.69) is 58.6 Å². The van der Waals surface area contributed by atoms with Crippen molar-refractivity contribution in [3.05, 3.63) is 81.5 Å². The number of aromatic nitrogens is 1. The van der Waals surface area contributed by atoms with Gasteiger partial charge in [-0.3, -0.25) is 0 Å². The molecule has 2 heterocycles. The lowest BCUT2D eigenvalue weighted by molar-refractivity contribution is -0.192. The van der Waals surface area contributed by atoms with Gasteiger partial charge in [-0.05, 0) is 59.1 Å². The number of benzene rings is 2. The highest BCUT2D eigenvalue weighted by molar-refractivity contribution is 6.35. The van der Waals surface area contributed by atoms with Crippen LogP contribution in [0.5, 0.6) is 0 Å². The van der Waals surface area contributed by atoms with Gasteiger partial charge in [0.2, 0.25) is 0 Å². The van der Waals surface area contributed by atoms with Crippen molar-refractivity contribution < 1.29 is 32.5 Å². The third-order valence-corrected chi connectivity index (χ3v) is 6.86.